The number of benzene rings is 2. The number of hydrogen-bond acceptors (Lipinski definition) is 4. The van der Waals surface area contributed by atoms with E-state index in [1.807, 2.05) is 67.1 Å². The zero-order valence-electron chi connectivity index (χ0n) is 12.7. The monoisotopic (exact) mass is 294 g/mol. The molecule has 0 aliphatic heterocycles. The van der Waals surface area contributed by atoms with Gasteiger partial charge in [-0.25, -0.2) is 10.4 Å². The van der Waals surface area contributed by atoms with Crippen LogP contribution in [0, 0.1) is 0 Å². The number of imidazole rings is 1. The summed E-state index contributed by atoms with van der Waals surface area (Å²) in [4.78, 5) is 4.51. The Kier molecular flexibility index (Phi) is 4.05. The zero-order valence-corrected chi connectivity index (χ0v) is 12.7. The van der Waals surface area contributed by atoms with Gasteiger partial charge in [-0.3, -0.25) is 0 Å². The van der Waals surface area contributed by atoms with Crippen LogP contribution in [0.2, 0.25) is 0 Å². The predicted molar refractivity (Wildman–Crippen MR) is 89.5 cm³/mol. The summed E-state index contributed by atoms with van der Waals surface area (Å²) in [5.41, 5.74) is 5.92. The van der Waals surface area contributed by atoms with E-state index >= 15 is 0 Å². The number of para-hydroxylation sites is 3. The molecular weight excluding hydrogens is 276 g/mol. The van der Waals surface area contributed by atoms with Crippen LogP contribution in [-0.4, -0.2) is 22.4 Å². The van der Waals surface area contributed by atoms with Crippen LogP contribution in [0.5, 0.6) is 5.75 Å². The van der Waals surface area contributed by atoms with Crippen LogP contribution >= 0.6 is 0 Å². The molecule has 0 amide bonds. The van der Waals surface area contributed by atoms with Crippen molar-refractivity contribution >= 4 is 23.2 Å². The predicted octanol–water partition coefficient (Wildman–Crippen LogP) is 3.42. The van der Waals surface area contributed by atoms with Gasteiger partial charge in [-0.2, -0.15) is 5.10 Å². The van der Waals surface area contributed by atoms with E-state index in [4.69, 9.17) is 4.74 Å². The van der Waals surface area contributed by atoms with Crippen LogP contribution in [0.15, 0.2) is 53.6 Å². The largest absolute Gasteiger partial charge is 0.493 e. The number of nitrogens with zero attached hydrogens (tertiary/aromatic N) is 3. The van der Waals surface area contributed by atoms with Gasteiger partial charge < -0.3 is 9.30 Å². The van der Waals surface area contributed by atoms with E-state index < -0.39 is 0 Å². The van der Waals surface area contributed by atoms with E-state index in [2.05, 4.69) is 15.5 Å². The Balaban J connectivity index is 1.80. The minimum atomic E-state index is 0.628. The molecule has 22 heavy (non-hydrogen) atoms. The molecule has 3 aromatic rings. The summed E-state index contributed by atoms with van der Waals surface area (Å²) in [6, 6.07) is 15.8. The van der Waals surface area contributed by atoms with E-state index in [0.717, 1.165) is 22.3 Å². The molecule has 112 valence electrons. The number of nitrogens with one attached hydrogen (secondary N) is 1. The molecule has 0 atom stereocenters. The average molecular weight is 294 g/mol. The first-order valence-electron chi connectivity index (χ1n) is 7.22. The van der Waals surface area contributed by atoms with Crippen molar-refractivity contribution in [1.82, 2.24) is 9.55 Å². The molecule has 0 spiro atoms. The SMILES string of the molecule is CCOc1ccccc1/C=N\Nc1nc2ccccc2n1C. The second-order valence-corrected chi connectivity index (χ2v) is 4.82. The number of hydrogen-bond donors (Lipinski definition) is 1. The summed E-state index contributed by atoms with van der Waals surface area (Å²) in [5, 5.41) is 4.27. The Bertz CT molecular complexity index is 807. The number of fused-ring (bicyclic) bond motifs is 1. The lowest BCUT2D eigenvalue weighted by atomic mass is 10.2. The van der Waals surface area contributed by atoms with Crippen LogP contribution < -0.4 is 10.2 Å². The molecule has 0 unspecified atom stereocenters. The second kappa shape index (κ2) is 6.30. The third-order valence-corrected chi connectivity index (χ3v) is 3.37. The molecule has 5 nitrogen and oxygen atoms in total. The standard InChI is InChI=1S/C17H18N4O/c1-3-22-16-11-7-4-8-13(16)12-18-20-17-19-14-9-5-6-10-15(14)21(17)2/h4-12H,3H2,1-2H3,(H,19,20)/b18-12-. The van der Waals surface area contributed by atoms with Crippen molar-refractivity contribution < 1.29 is 4.74 Å². The highest BCUT2D eigenvalue weighted by atomic mass is 16.5. The first-order valence-corrected chi connectivity index (χ1v) is 7.22. The molecule has 0 saturated carbocycles. The second-order valence-electron chi connectivity index (χ2n) is 4.82. The lowest BCUT2D eigenvalue weighted by Gasteiger charge is -2.06. The smallest absolute Gasteiger partial charge is 0.224 e. The number of aromatic nitrogens is 2. The van der Waals surface area contributed by atoms with Gasteiger partial charge in [0.2, 0.25) is 5.95 Å². The normalized spacial score (nSPS) is 11.2. The van der Waals surface area contributed by atoms with Crippen molar-refractivity contribution in [3.05, 3.63) is 54.1 Å². The minimum absolute atomic E-state index is 0.628. The summed E-state index contributed by atoms with van der Waals surface area (Å²) in [6.07, 6.45) is 1.74. The fourth-order valence-electron chi connectivity index (χ4n) is 2.28. The Hall–Kier alpha value is -2.82. The molecule has 1 aromatic heterocycles. The third kappa shape index (κ3) is 2.79. The van der Waals surface area contributed by atoms with Crippen molar-refractivity contribution in [2.24, 2.45) is 12.1 Å². The average Bonchev–Trinajstić information content (AvgIpc) is 2.86. The Morgan fingerprint density at radius 2 is 1.95 bits per heavy atom. The highest BCUT2D eigenvalue weighted by Crippen LogP contribution is 2.18. The molecule has 0 aliphatic rings. The first kappa shape index (κ1) is 14.1. The lowest BCUT2D eigenvalue weighted by Crippen LogP contribution is -2.00. The summed E-state index contributed by atoms with van der Waals surface area (Å²) in [5.74, 6) is 1.52. The van der Waals surface area contributed by atoms with E-state index in [9.17, 15) is 0 Å². The fraction of sp³-hybridized carbons (Fsp3) is 0.176. The van der Waals surface area contributed by atoms with Crippen LogP contribution in [0.4, 0.5) is 5.95 Å². The fourth-order valence-corrected chi connectivity index (χ4v) is 2.28. The summed E-state index contributed by atoms with van der Waals surface area (Å²) in [6.45, 7) is 2.59. The molecule has 0 fully saturated rings. The number of ether oxygens (including phenoxy) is 1. The van der Waals surface area contributed by atoms with E-state index in [-0.39, 0.29) is 0 Å². The molecule has 0 radical (unpaired) electrons. The van der Waals surface area contributed by atoms with E-state index in [1.54, 1.807) is 6.21 Å². The van der Waals surface area contributed by atoms with Gasteiger partial charge >= 0.3 is 0 Å². The highest BCUT2D eigenvalue weighted by Gasteiger charge is 2.05. The highest BCUT2D eigenvalue weighted by molar-refractivity contribution is 5.84. The quantitative estimate of drug-likeness (QED) is 0.579. The molecule has 0 bridgehead atoms. The van der Waals surface area contributed by atoms with E-state index in [1.165, 1.54) is 0 Å². The molecule has 0 saturated heterocycles. The minimum Gasteiger partial charge on any atom is -0.493 e. The van der Waals surface area contributed by atoms with Crippen LogP contribution in [-0.2, 0) is 7.05 Å². The van der Waals surface area contributed by atoms with E-state index in [0.29, 0.717) is 12.6 Å². The Labute approximate surface area is 129 Å². The van der Waals surface area contributed by atoms with Gasteiger partial charge in [0.25, 0.3) is 0 Å². The number of anilines is 1. The van der Waals surface area contributed by atoms with Crippen molar-refractivity contribution in [2.45, 2.75) is 6.92 Å². The van der Waals surface area contributed by atoms with Crippen molar-refractivity contribution in [3.63, 3.8) is 0 Å². The topological polar surface area (TPSA) is 51.4 Å². The molecule has 3 rings (SSSR count). The maximum absolute atomic E-state index is 5.57. The van der Waals surface area contributed by atoms with Gasteiger partial charge in [0.1, 0.15) is 5.75 Å². The summed E-state index contributed by atoms with van der Waals surface area (Å²) >= 11 is 0. The molecule has 0 aliphatic carbocycles. The maximum Gasteiger partial charge on any atom is 0.224 e. The van der Waals surface area contributed by atoms with Crippen molar-refractivity contribution in [2.75, 3.05) is 12.0 Å². The number of aryl methyl sites for hydroxylation is 1. The van der Waals surface area contributed by atoms with Gasteiger partial charge in [0, 0.05) is 12.6 Å². The van der Waals surface area contributed by atoms with Gasteiger partial charge in [0.05, 0.1) is 23.9 Å². The van der Waals surface area contributed by atoms with Crippen LogP contribution in [0.3, 0.4) is 0 Å². The molecule has 1 N–H and O–H groups in total. The molecule has 1 heterocycles. The molecule has 2 aromatic carbocycles. The van der Waals surface area contributed by atoms with Gasteiger partial charge in [-0.05, 0) is 31.2 Å². The lowest BCUT2D eigenvalue weighted by molar-refractivity contribution is 0.340. The Morgan fingerprint density at radius 1 is 1.18 bits per heavy atom. The van der Waals surface area contributed by atoms with Crippen molar-refractivity contribution in [1.29, 1.82) is 0 Å². The molecular formula is C17H18N4O. The first-order chi connectivity index (χ1) is 10.8. The van der Waals surface area contributed by atoms with Crippen LogP contribution in [0.25, 0.3) is 11.0 Å². The number of rotatable bonds is 5. The van der Waals surface area contributed by atoms with Gasteiger partial charge in [-0.15, -0.1) is 0 Å². The van der Waals surface area contributed by atoms with Gasteiger partial charge in [0.15, 0.2) is 0 Å². The number of hydrazone groups is 1. The zero-order chi connectivity index (χ0) is 15.4. The Morgan fingerprint density at radius 3 is 2.77 bits per heavy atom. The third-order valence-electron chi connectivity index (χ3n) is 3.37. The summed E-state index contributed by atoms with van der Waals surface area (Å²) in [7, 11) is 1.96. The molecule has 5 heteroatoms. The van der Waals surface area contributed by atoms with Crippen molar-refractivity contribution in [3.8, 4) is 5.75 Å². The van der Waals surface area contributed by atoms with Crippen LogP contribution in [0.1, 0.15) is 12.5 Å². The maximum atomic E-state index is 5.57. The summed E-state index contributed by atoms with van der Waals surface area (Å²) < 4.78 is 7.54. The van der Waals surface area contributed by atoms with Gasteiger partial charge in [-0.1, -0.05) is 24.3 Å².